The van der Waals surface area contributed by atoms with Crippen molar-refractivity contribution in [3.63, 3.8) is 0 Å². The first-order valence-electron chi connectivity index (χ1n) is 6.51. The number of unbranched alkanes of at least 4 members (excludes halogenated alkanes) is 4. The second kappa shape index (κ2) is 6.89. The van der Waals surface area contributed by atoms with Gasteiger partial charge < -0.3 is 10.1 Å². The topological polar surface area (TPSA) is 38.3 Å². The van der Waals surface area contributed by atoms with E-state index in [1.165, 1.54) is 25.7 Å². The molecule has 0 atom stereocenters. The van der Waals surface area contributed by atoms with Gasteiger partial charge in [-0.05, 0) is 6.42 Å². The molecule has 0 spiro atoms. The van der Waals surface area contributed by atoms with Gasteiger partial charge in [0.2, 0.25) is 5.91 Å². The molecule has 0 unspecified atom stereocenters. The zero-order valence-electron chi connectivity index (χ0n) is 10.7. The minimum Gasteiger partial charge on any atom is -0.380 e. The first-order valence-corrected chi connectivity index (χ1v) is 6.51. The third-order valence-corrected chi connectivity index (χ3v) is 3.12. The minimum atomic E-state index is 0.192. The van der Waals surface area contributed by atoms with Gasteiger partial charge in [-0.2, -0.15) is 0 Å². The third kappa shape index (κ3) is 4.97. The molecule has 0 aromatic carbocycles. The molecule has 16 heavy (non-hydrogen) atoms. The van der Waals surface area contributed by atoms with Crippen molar-refractivity contribution in [2.75, 3.05) is 19.8 Å². The van der Waals surface area contributed by atoms with Crippen molar-refractivity contribution in [1.29, 1.82) is 0 Å². The number of carbonyl (C=O) groups excluding carboxylic acids is 1. The van der Waals surface area contributed by atoms with Gasteiger partial charge in [0.25, 0.3) is 0 Å². The van der Waals surface area contributed by atoms with Crippen LogP contribution in [0.4, 0.5) is 0 Å². The molecule has 1 N–H and O–H groups in total. The Kier molecular flexibility index (Phi) is 5.81. The van der Waals surface area contributed by atoms with Crippen LogP contribution < -0.4 is 5.32 Å². The van der Waals surface area contributed by atoms with Gasteiger partial charge in [-0.1, -0.05) is 39.5 Å². The van der Waals surface area contributed by atoms with Crippen molar-refractivity contribution >= 4 is 5.91 Å². The van der Waals surface area contributed by atoms with E-state index < -0.39 is 0 Å². The van der Waals surface area contributed by atoms with Crippen LogP contribution in [0, 0.1) is 5.41 Å². The Bertz CT molecular complexity index is 212. The quantitative estimate of drug-likeness (QED) is 0.647. The van der Waals surface area contributed by atoms with E-state index >= 15 is 0 Å². The average molecular weight is 227 g/mol. The van der Waals surface area contributed by atoms with E-state index in [0.29, 0.717) is 6.42 Å². The van der Waals surface area contributed by atoms with Gasteiger partial charge in [0, 0.05) is 18.4 Å². The van der Waals surface area contributed by atoms with Gasteiger partial charge >= 0.3 is 0 Å². The first-order chi connectivity index (χ1) is 7.66. The molecule has 1 amide bonds. The van der Waals surface area contributed by atoms with Crippen LogP contribution in [0.2, 0.25) is 0 Å². The zero-order valence-corrected chi connectivity index (χ0v) is 10.7. The molecule has 0 aliphatic carbocycles. The fourth-order valence-electron chi connectivity index (χ4n) is 1.84. The second-order valence-corrected chi connectivity index (χ2v) is 5.24. The molecule has 0 bridgehead atoms. The molecule has 0 aromatic heterocycles. The minimum absolute atomic E-state index is 0.192. The summed E-state index contributed by atoms with van der Waals surface area (Å²) in [4.78, 5) is 11.5. The van der Waals surface area contributed by atoms with Crippen LogP contribution in [-0.4, -0.2) is 25.7 Å². The Balaban J connectivity index is 1.94. The molecule has 0 radical (unpaired) electrons. The van der Waals surface area contributed by atoms with E-state index in [9.17, 15) is 4.79 Å². The number of amides is 1. The molecular formula is C13H25NO2. The number of ether oxygens (including phenoxy) is 1. The highest BCUT2D eigenvalue weighted by Crippen LogP contribution is 2.25. The largest absolute Gasteiger partial charge is 0.380 e. The first kappa shape index (κ1) is 13.5. The molecule has 1 fully saturated rings. The highest BCUT2D eigenvalue weighted by atomic mass is 16.5. The van der Waals surface area contributed by atoms with Crippen LogP contribution in [-0.2, 0) is 9.53 Å². The summed E-state index contributed by atoms with van der Waals surface area (Å²) in [6.45, 7) is 6.68. The van der Waals surface area contributed by atoms with E-state index in [1.807, 2.05) is 0 Å². The van der Waals surface area contributed by atoms with Crippen LogP contribution >= 0.6 is 0 Å². The van der Waals surface area contributed by atoms with E-state index in [4.69, 9.17) is 4.74 Å². The van der Waals surface area contributed by atoms with Crippen molar-refractivity contribution in [1.82, 2.24) is 5.32 Å². The fraction of sp³-hybridized carbons (Fsp3) is 0.923. The SMILES string of the molecule is CCCCCCCC(=O)NCC1(C)COC1. The number of rotatable bonds is 8. The molecule has 3 heteroatoms. The molecule has 1 rings (SSSR count). The molecule has 1 saturated heterocycles. The van der Waals surface area contributed by atoms with Crippen molar-refractivity contribution in [2.45, 2.75) is 52.4 Å². The van der Waals surface area contributed by atoms with Crippen LogP contribution in [0.25, 0.3) is 0 Å². The highest BCUT2D eigenvalue weighted by Gasteiger charge is 2.33. The average Bonchev–Trinajstić information content (AvgIpc) is 2.23. The van der Waals surface area contributed by atoms with Crippen molar-refractivity contribution in [3.8, 4) is 0 Å². The van der Waals surface area contributed by atoms with Gasteiger partial charge in [0.15, 0.2) is 0 Å². The predicted molar refractivity (Wildman–Crippen MR) is 65.3 cm³/mol. The van der Waals surface area contributed by atoms with E-state index in [-0.39, 0.29) is 11.3 Å². The summed E-state index contributed by atoms with van der Waals surface area (Å²) >= 11 is 0. The number of carbonyl (C=O) groups is 1. The number of hydrogen-bond acceptors (Lipinski definition) is 2. The molecule has 0 saturated carbocycles. The maximum Gasteiger partial charge on any atom is 0.220 e. The summed E-state index contributed by atoms with van der Waals surface area (Å²) in [5.74, 6) is 0.199. The van der Waals surface area contributed by atoms with Crippen molar-refractivity contribution < 1.29 is 9.53 Å². The summed E-state index contributed by atoms with van der Waals surface area (Å²) in [5, 5.41) is 3.00. The van der Waals surface area contributed by atoms with Crippen LogP contribution in [0.15, 0.2) is 0 Å². The molecule has 1 heterocycles. The number of nitrogens with one attached hydrogen (secondary N) is 1. The smallest absolute Gasteiger partial charge is 0.220 e. The summed E-state index contributed by atoms with van der Waals surface area (Å²) in [7, 11) is 0. The zero-order chi connectivity index (χ0) is 11.9. The maximum atomic E-state index is 11.5. The molecule has 0 aromatic rings. The van der Waals surface area contributed by atoms with Crippen molar-refractivity contribution in [3.05, 3.63) is 0 Å². The molecular weight excluding hydrogens is 202 g/mol. The van der Waals surface area contributed by atoms with Crippen molar-refractivity contribution in [2.24, 2.45) is 5.41 Å². The second-order valence-electron chi connectivity index (χ2n) is 5.24. The summed E-state index contributed by atoms with van der Waals surface area (Å²) in [6.07, 6.45) is 6.69. The van der Waals surface area contributed by atoms with Gasteiger partial charge in [-0.3, -0.25) is 4.79 Å². The Morgan fingerprint density at radius 2 is 1.94 bits per heavy atom. The van der Waals surface area contributed by atoms with Crippen LogP contribution in [0.3, 0.4) is 0 Å². The lowest BCUT2D eigenvalue weighted by Gasteiger charge is -2.38. The monoisotopic (exact) mass is 227 g/mol. The molecule has 94 valence electrons. The standard InChI is InChI=1S/C13H25NO2/c1-3-4-5-6-7-8-12(15)14-9-13(2)10-16-11-13/h3-11H2,1-2H3,(H,14,15). The molecule has 3 nitrogen and oxygen atoms in total. The Morgan fingerprint density at radius 3 is 2.50 bits per heavy atom. The van der Waals surface area contributed by atoms with Gasteiger partial charge in [0.05, 0.1) is 13.2 Å². The number of hydrogen-bond donors (Lipinski definition) is 1. The van der Waals surface area contributed by atoms with Crippen LogP contribution in [0.1, 0.15) is 52.4 Å². The summed E-state index contributed by atoms with van der Waals surface area (Å²) in [6, 6.07) is 0. The highest BCUT2D eigenvalue weighted by molar-refractivity contribution is 5.75. The Labute approximate surface area is 98.9 Å². The summed E-state index contributed by atoms with van der Waals surface area (Å²) in [5.41, 5.74) is 0.192. The third-order valence-electron chi connectivity index (χ3n) is 3.12. The van der Waals surface area contributed by atoms with Gasteiger partial charge in [-0.15, -0.1) is 0 Å². The van der Waals surface area contributed by atoms with Gasteiger partial charge in [-0.25, -0.2) is 0 Å². The summed E-state index contributed by atoms with van der Waals surface area (Å²) < 4.78 is 5.14. The molecule has 1 aliphatic heterocycles. The lowest BCUT2D eigenvalue weighted by Crippen LogP contribution is -2.48. The Hall–Kier alpha value is -0.570. The predicted octanol–water partition coefficient (Wildman–Crippen LogP) is 2.50. The van der Waals surface area contributed by atoms with E-state index in [2.05, 4.69) is 19.2 Å². The van der Waals surface area contributed by atoms with E-state index in [0.717, 1.165) is 26.2 Å². The lowest BCUT2D eigenvalue weighted by molar-refractivity contribution is -0.126. The lowest BCUT2D eigenvalue weighted by atomic mass is 9.89. The van der Waals surface area contributed by atoms with E-state index in [1.54, 1.807) is 0 Å². The fourth-order valence-corrected chi connectivity index (χ4v) is 1.84. The molecule has 1 aliphatic rings. The Morgan fingerprint density at radius 1 is 1.25 bits per heavy atom. The maximum absolute atomic E-state index is 11.5. The normalized spacial score (nSPS) is 17.9. The van der Waals surface area contributed by atoms with Crippen LogP contribution in [0.5, 0.6) is 0 Å². The van der Waals surface area contributed by atoms with Gasteiger partial charge in [0.1, 0.15) is 0 Å².